The largest absolute Gasteiger partial charge is 0.348 e. The number of hydrogen-bond donors (Lipinski definition) is 0. The Hall–Kier alpha value is -0.900. The van der Waals surface area contributed by atoms with E-state index in [1.165, 1.54) is 38.5 Å². The summed E-state index contributed by atoms with van der Waals surface area (Å²) in [6.07, 6.45) is 8.82. The van der Waals surface area contributed by atoms with Crippen molar-refractivity contribution >= 4 is 22.8 Å². The maximum atomic E-state index is 11.2. The van der Waals surface area contributed by atoms with Gasteiger partial charge in [-0.25, -0.2) is 4.98 Å². The highest BCUT2D eigenvalue weighted by Gasteiger charge is 2.22. The van der Waals surface area contributed by atoms with Gasteiger partial charge in [-0.1, -0.05) is 50.9 Å². The third-order valence-corrected chi connectivity index (χ3v) is 5.08. The van der Waals surface area contributed by atoms with Crippen LogP contribution < -0.4 is 4.90 Å². The van der Waals surface area contributed by atoms with Crippen LogP contribution in [-0.4, -0.2) is 24.4 Å². The minimum absolute atomic E-state index is 0.313. The second-order valence-electron chi connectivity index (χ2n) is 5.77. The first-order chi connectivity index (χ1) is 9.13. The first-order valence-corrected chi connectivity index (χ1v) is 8.14. The van der Waals surface area contributed by atoms with E-state index in [0.717, 1.165) is 22.0 Å². The Morgan fingerprint density at radius 1 is 1.26 bits per heavy atom. The number of thiazole rings is 1. The van der Waals surface area contributed by atoms with Gasteiger partial charge in [0, 0.05) is 13.1 Å². The van der Waals surface area contributed by atoms with Gasteiger partial charge in [0.25, 0.3) is 0 Å². The lowest BCUT2D eigenvalue weighted by Crippen LogP contribution is -2.30. The molecule has 0 aliphatic heterocycles. The molecule has 1 aromatic heterocycles. The lowest BCUT2D eigenvalue weighted by atomic mass is 10.1. The summed E-state index contributed by atoms with van der Waals surface area (Å²) in [6.45, 7) is 4.19. The monoisotopic (exact) mass is 280 g/mol. The second-order valence-corrected chi connectivity index (χ2v) is 6.78. The minimum Gasteiger partial charge on any atom is -0.348 e. The van der Waals surface area contributed by atoms with Crippen LogP contribution in [0.4, 0.5) is 5.13 Å². The molecule has 0 amide bonds. The van der Waals surface area contributed by atoms with Gasteiger partial charge in [0.2, 0.25) is 0 Å². The first kappa shape index (κ1) is 14.5. The summed E-state index contributed by atoms with van der Waals surface area (Å²) >= 11 is 1.54. The van der Waals surface area contributed by atoms with Gasteiger partial charge in [-0.3, -0.25) is 4.79 Å². The van der Waals surface area contributed by atoms with Crippen molar-refractivity contribution in [2.24, 2.45) is 0 Å². The van der Waals surface area contributed by atoms with E-state index < -0.39 is 0 Å². The zero-order valence-electron chi connectivity index (χ0n) is 12.2. The molecule has 19 heavy (non-hydrogen) atoms. The van der Waals surface area contributed by atoms with Gasteiger partial charge in [-0.15, -0.1) is 0 Å². The van der Waals surface area contributed by atoms with Gasteiger partial charge in [0.05, 0.1) is 10.6 Å². The van der Waals surface area contributed by atoms with Crippen LogP contribution in [0.5, 0.6) is 0 Å². The quantitative estimate of drug-likeness (QED) is 0.611. The molecular weight excluding hydrogens is 256 g/mol. The third kappa shape index (κ3) is 3.35. The number of aromatic nitrogens is 1. The van der Waals surface area contributed by atoms with Crippen molar-refractivity contribution < 1.29 is 4.79 Å². The topological polar surface area (TPSA) is 33.2 Å². The van der Waals surface area contributed by atoms with E-state index in [1.54, 1.807) is 11.3 Å². The minimum atomic E-state index is 0.313. The summed E-state index contributed by atoms with van der Waals surface area (Å²) < 4.78 is 0. The van der Waals surface area contributed by atoms with E-state index in [-0.39, 0.29) is 0 Å². The third-order valence-electron chi connectivity index (χ3n) is 4.00. The number of hydrogen-bond acceptors (Lipinski definition) is 4. The molecule has 0 atom stereocenters. The number of carbonyl (C=O) groups excluding carboxylic acids is 1. The van der Waals surface area contributed by atoms with Crippen LogP contribution in [0.3, 0.4) is 0 Å². The molecule has 1 heterocycles. The fourth-order valence-corrected chi connectivity index (χ4v) is 3.85. The summed E-state index contributed by atoms with van der Waals surface area (Å²) in [5, 5.41) is 1.01. The van der Waals surface area contributed by atoms with Crippen LogP contribution in [0.15, 0.2) is 0 Å². The highest BCUT2D eigenvalue weighted by atomic mass is 32.1. The Labute approximate surface area is 120 Å². The lowest BCUT2D eigenvalue weighted by Gasteiger charge is -2.26. The van der Waals surface area contributed by atoms with Crippen molar-refractivity contribution in [3.8, 4) is 0 Å². The summed E-state index contributed by atoms with van der Waals surface area (Å²) in [7, 11) is 2.13. The van der Waals surface area contributed by atoms with E-state index in [0.29, 0.717) is 12.0 Å². The average Bonchev–Trinajstić information content (AvgIpc) is 2.65. The molecule has 0 unspecified atom stereocenters. The van der Waals surface area contributed by atoms with Crippen molar-refractivity contribution in [1.29, 1.82) is 0 Å². The normalized spacial score (nSPS) is 17.5. The Morgan fingerprint density at radius 2 is 1.89 bits per heavy atom. The molecular formula is C15H24N2OS. The van der Waals surface area contributed by atoms with E-state index in [1.807, 2.05) is 0 Å². The van der Waals surface area contributed by atoms with Crippen molar-refractivity contribution in [2.75, 3.05) is 11.9 Å². The molecule has 1 aliphatic rings. The zero-order chi connectivity index (χ0) is 13.8. The Balaban J connectivity index is 2.17. The Kier molecular flexibility index (Phi) is 4.97. The maximum Gasteiger partial charge on any atom is 0.186 e. The second kappa shape index (κ2) is 6.51. The predicted molar refractivity (Wildman–Crippen MR) is 81.5 cm³/mol. The molecule has 2 rings (SSSR count). The summed E-state index contributed by atoms with van der Waals surface area (Å²) in [5.74, 6) is 0.313. The molecule has 1 aromatic rings. The zero-order valence-corrected chi connectivity index (χ0v) is 13.0. The van der Waals surface area contributed by atoms with Crippen LogP contribution >= 0.6 is 11.3 Å². The highest BCUT2D eigenvalue weighted by molar-refractivity contribution is 7.17. The molecule has 1 saturated carbocycles. The number of carbonyl (C=O) groups is 1. The van der Waals surface area contributed by atoms with Gasteiger partial charge in [-0.05, 0) is 18.8 Å². The van der Waals surface area contributed by atoms with Gasteiger partial charge >= 0.3 is 0 Å². The number of anilines is 1. The van der Waals surface area contributed by atoms with Crippen LogP contribution in [0.25, 0.3) is 0 Å². The molecule has 0 bridgehead atoms. The SMILES string of the molecule is CC(C)c1nc(N(C)C2CCCCCC2)sc1C=O. The van der Waals surface area contributed by atoms with Gasteiger partial charge in [0.15, 0.2) is 11.4 Å². The molecule has 0 aromatic carbocycles. The molecule has 0 saturated heterocycles. The summed E-state index contributed by atoms with van der Waals surface area (Å²) in [5.41, 5.74) is 0.954. The van der Waals surface area contributed by atoms with Crippen LogP contribution in [0.1, 0.15) is 73.7 Å². The summed E-state index contributed by atoms with van der Waals surface area (Å²) in [4.78, 5) is 18.9. The molecule has 0 radical (unpaired) electrons. The fraction of sp³-hybridized carbons (Fsp3) is 0.733. The molecule has 4 heteroatoms. The first-order valence-electron chi connectivity index (χ1n) is 7.32. The van der Waals surface area contributed by atoms with E-state index in [2.05, 4.69) is 25.8 Å². The number of nitrogens with zero attached hydrogens (tertiary/aromatic N) is 2. The Morgan fingerprint density at radius 3 is 2.37 bits per heavy atom. The smallest absolute Gasteiger partial charge is 0.186 e. The number of rotatable bonds is 4. The average molecular weight is 280 g/mol. The molecule has 0 spiro atoms. The van der Waals surface area contributed by atoms with Crippen LogP contribution in [0.2, 0.25) is 0 Å². The maximum absolute atomic E-state index is 11.2. The van der Waals surface area contributed by atoms with Crippen LogP contribution in [0, 0.1) is 0 Å². The van der Waals surface area contributed by atoms with Crippen molar-refractivity contribution in [3.05, 3.63) is 10.6 Å². The molecule has 106 valence electrons. The van der Waals surface area contributed by atoms with Gasteiger partial charge < -0.3 is 4.90 Å². The lowest BCUT2D eigenvalue weighted by molar-refractivity contribution is 0.112. The molecule has 3 nitrogen and oxygen atoms in total. The standard InChI is InChI=1S/C15H24N2OS/c1-11(2)14-13(10-18)19-15(16-14)17(3)12-8-6-4-5-7-9-12/h10-12H,4-9H2,1-3H3. The van der Waals surface area contributed by atoms with Crippen molar-refractivity contribution in [2.45, 2.75) is 64.3 Å². The van der Waals surface area contributed by atoms with Gasteiger partial charge in [-0.2, -0.15) is 0 Å². The van der Waals surface area contributed by atoms with E-state index in [9.17, 15) is 4.79 Å². The molecule has 0 N–H and O–H groups in total. The highest BCUT2D eigenvalue weighted by Crippen LogP contribution is 2.32. The van der Waals surface area contributed by atoms with E-state index >= 15 is 0 Å². The summed E-state index contributed by atoms with van der Waals surface area (Å²) in [6, 6.07) is 0.591. The number of aldehydes is 1. The predicted octanol–water partition coefficient (Wildman–Crippen LogP) is 4.24. The Bertz CT molecular complexity index is 420. The van der Waals surface area contributed by atoms with Crippen molar-refractivity contribution in [1.82, 2.24) is 4.98 Å². The fourth-order valence-electron chi connectivity index (χ4n) is 2.78. The van der Waals surface area contributed by atoms with Crippen LogP contribution in [-0.2, 0) is 0 Å². The van der Waals surface area contributed by atoms with Crippen molar-refractivity contribution in [3.63, 3.8) is 0 Å². The molecule has 1 fully saturated rings. The van der Waals surface area contributed by atoms with E-state index in [4.69, 9.17) is 4.98 Å². The van der Waals surface area contributed by atoms with Gasteiger partial charge in [0.1, 0.15) is 0 Å². The molecule has 1 aliphatic carbocycles.